The van der Waals surface area contributed by atoms with E-state index < -0.39 is 0 Å². The van der Waals surface area contributed by atoms with Crippen LogP contribution < -0.4 is 10.5 Å². The van der Waals surface area contributed by atoms with E-state index in [0.717, 1.165) is 13.1 Å². The van der Waals surface area contributed by atoms with Crippen LogP contribution in [0.1, 0.15) is 23.0 Å². The van der Waals surface area contributed by atoms with Crippen LogP contribution in [0, 0.1) is 6.92 Å². The van der Waals surface area contributed by atoms with Gasteiger partial charge in [-0.05, 0) is 32.0 Å². The lowest BCUT2D eigenvalue weighted by Gasteiger charge is -2.36. The number of rotatable bonds is 3. The van der Waals surface area contributed by atoms with Gasteiger partial charge in [-0.25, -0.2) is 0 Å². The SMILES string of the molecule is CCn1ccc2oc(C)c(C(=O)N3CCN(c4ccccc4)CC3)c2c1=O. The summed E-state index contributed by atoms with van der Waals surface area (Å²) < 4.78 is 7.31. The summed E-state index contributed by atoms with van der Waals surface area (Å²) in [6, 6.07) is 12.0. The molecule has 1 aromatic carbocycles. The topological polar surface area (TPSA) is 58.7 Å². The molecule has 1 aliphatic rings. The first-order valence-electron chi connectivity index (χ1n) is 9.32. The highest BCUT2D eigenvalue weighted by atomic mass is 16.3. The summed E-state index contributed by atoms with van der Waals surface area (Å²) in [6.45, 7) is 6.99. The van der Waals surface area contributed by atoms with Crippen LogP contribution in [0.5, 0.6) is 0 Å². The number of hydrogen-bond donors (Lipinski definition) is 0. The fourth-order valence-corrected chi connectivity index (χ4v) is 3.74. The van der Waals surface area contributed by atoms with Crippen molar-refractivity contribution < 1.29 is 9.21 Å². The first-order valence-corrected chi connectivity index (χ1v) is 9.32. The molecule has 3 aromatic rings. The van der Waals surface area contributed by atoms with Crippen molar-refractivity contribution in [3.8, 4) is 0 Å². The van der Waals surface area contributed by atoms with Crippen molar-refractivity contribution >= 4 is 22.6 Å². The van der Waals surface area contributed by atoms with Crippen LogP contribution in [0.4, 0.5) is 5.69 Å². The molecule has 1 aliphatic heterocycles. The predicted octanol–water partition coefficient (Wildman–Crippen LogP) is 2.89. The molecule has 1 fully saturated rings. The van der Waals surface area contributed by atoms with Crippen LogP contribution in [0.3, 0.4) is 0 Å². The van der Waals surface area contributed by atoms with E-state index in [1.54, 1.807) is 23.8 Å². The molecule has 140 valence electrons. The molecule has 0 radical (unpaired) electrons. The van der Waals surface area contributed by atoms with Gasteiger partial charge in [-0.2, -0.15) is 0 Å². The number of para-hydroxylation sites is 1. The molecule has 0 spiro atoms. The van der Waals surface area contributed by atoms with E-state index in [-0.39, 0.29) is 11.5 Å². The summed E-state index contributed by atoms with van der Waals surface area (Å²) in [5, 5.41) is 0.396. The molecule has 3 heterocycles. The zero-order valence-corrected chi connectivity index (χ0v) is 15.6. The van der Waals surface area contributed by atoms with Gasteiger partial charge >= 0.3 is 0 Å². The number of pyridine rings is 1. The van der Waals surface area contributed by atoms with E-state index >= 15 is 0 Å². The number of fused-ring (bicyclic) bond motifs is 1. The fraction of sp³-hybridized carbons (Fsp3) is 0.333. The van der Waals surface area contributed by atoms with Crippen LogP contribution >= 0.6 is 0 Å². The van der Waals surface area contributed by atoms with Crippen LogP contribution in [0.15, 0.2) is 51.8 Å². The van der Waals surface area contributed by atoms with Gasteiger partial charge in [-0.15, -0.1) is 0 Å². The molecule has 27 heavy (non-hydrogen) atoms. The highest BCUT2D eigenvalue weighted by molar-refractivity contribution is 6.07. The van der Waals surface area contributed by atoms with E-state index in [1.807, 2.05) is 30.0 Å². The van der Waals surface area contributed by atoms with Gasteiger partial charge in [0.2, 0.25) is 0 Å². The van der Waals surface area contributed by atoms with E-state index in [9.17, 15) is 9.59 Å². The molecule has 1 saturated heterocycles. The molecule has 6 heteroatoms. The van der Waals surface area contributed by atoms with Crippen LogP contribution in [0.2, 0.25) is 0 Å². The summed E-state index contributed by atoms with van der Waals surface area (Å²) in [6.07, 6.45) is 1.71. The van der Waals surface area contributed by atoms with Crippen molar-refractivity contribution in [1.82, 2.24) is 9.47 Å². The fourth-order valence-electron chi connectivity index (χ4n) is 3.74. The van der Waals surface area contributed by atoms with Crippen LogP contribution in [0.25, 0.3) is 11.0 Å². The van der Waals surface area contributed by atoms with Crippen molar-refractivity contribution in [2.45, 2.75) is 20.4 Å². The standard InChI is InChI=1S/C21H23N3O3/c1-3-22-10-9-17-19(21(22)26)18(15(2)27-17)20(25)24-13-11-23(12-14-24)16-7-5-4-6-8-16/h4-10H,3,11-14H2,1-2H3. The molecule has 1 amide bonds. The zero-order chi connectivity index (χ0) is 19.0. The average molecular weight is 365 g/mol. The Morgan fingerprint density at radius 2 is 1.78 bits per heavy atom. The molecular formula is C21H23N3O3. The number of carbonyl (C=O) groups excluding carboxylic acids is 1. The molecule has 0 saturated carbocycles. The molecule has 2 aromatic heterocycles. The van der Waals surface area contributed by atoms with Gasteiger partial charge in [0.15, 0.2) is 0 Å². The highest BCUT2D eigenvalue weighted by Gasteiger charge is 2.28. The van der Waals surface area contributed by atoms with Crippen molar-refractivity contribution in [3.05, 3.63) is 64.3 Å². The summed E-state index contributed by atoms with van der Waals surface area (Å²) in [7, 11) is 0. The zero-order valence-electron chi connectivity index (χ0n) is 15.6. The minimum absolute atomic E-state index is 0.120. The Kier molecular flexibility index (Phi) is 4.48. The quantitative estimate of drug-likeness (QED) is 0.716. The number of furan rings is 1. The summed E-state index contributed by atoms with van der Waals surface area (Å²) >= 11 is 0. The minimum Gasteiger partial charge on any atom is -0.460 e. The molecule has 0 N–H and O–H groups in total. The number of piperazine rings is 1. The Morgan fingerprint density at radius 1 is 1.07 bits per heavy atom. The smallest absolute Gasteiger partial charge is 0.262 e. The van der Waals surface area contributed by atoms with Crippen molar-refractivity contribution in [3.63, 3.8) is 0 Å². The van der Waals surface area contributed by atoms with E-state index in [4.69, 9.17) is 4.42 Å². The highest BCUT2D eigenvalue weighted by Crippen LogP contribution is 2.25. The third kappa shape index (κ3) is 3.01. The maximum atomic E-state index is 13.2. The maximum absolute atomic E-state index is 13.2. The number of aromatic nitrogens is 1. The second kappa shape index (κ2) is 6.95. The van der Waals surface area contributed by atoms with Crippen molar-refractivity contribution in [2.75, 3.05) is 31.1 Å². The Hall–Kier alpha value is -3.02. The van der Waals surface area contributed by atoms with Gasteiger partial charge in [-0.3, -0.25) is 9.59 Å². The monoisotopic (exact) mass is 365 g/mol. The van der Waals surface area contributed by atoms with Gasteiger partial charge in [0, 0.05) is 44.6 Å². The number of amides is 1. The predicted molar refractivity (Wildman–Crippen MR) is 105 cm³/mol. The Morgan fingerprint density at radius 3 is 2.44 bits per heavy atom. The second-order valence-corrected chi connectivity index (χ2v) is 6.79. The van der Waals surface area contributed by atoms with Gasteiger partial charge in [-0.1, -0.05) is 18.2 Å². The average Bonchev–Trinajstić information content (AvgIpc) is 3.05. The Bertz CT molecular complexity index is 1030. The summed E-state index contributed by atoms with van der Waals surface area (Å²) in [5.74, 6) is 0.386. The largest absolute Gasteiger partial charge is 0.460 e. The Balaban J connectivity index is 1.61. The maximum Gasteiger partial charge on any atom is 0.262 e. The molecule has 6 nitrogen and oxygen atoms in total. The summed E-state index contributed by atoms with van der Waals surface area (Å²) in [4.78, 5) is 30.0. The van der Waals surface area contributed by atoms with E-state index in [1.165, 1.54) is 5.69 Å². The van der Waals surface area contributed by atoms with E-state index in [2.05, 4.69) is 17.0 Å². The van der Waals surface area contributed by atoms with Crippen molar-refractivity contribution in [1.29, 1.82) is 0 Å². The third-order valence-electron chi connectivity index (χ3n) is 5.23. The normalized spacial score (nSPS) is 14.7. The number of hydrogen-bond acceptors (Lipinski definition) is 4. The van der Waals surface area contributed by atoms with Gasteiger partial charge in [0.25, 0.3) is 11.5 Å². The van der Waals surface area contributed by atoms with Crippen molar-refractivity contribution in [2.24, 2.45) is 0 Å². The number of benzene rings is 1. The van der Waals surface area contributed by atoms with Gasteiger partial charge < -0.3 is 18.8 Å². The molecular weight excluding hydrogens is 342 g/mol. The number of carbonyl (C=O) groups is 1. The Labute approximate surface area is 157 Å². The molecule has 4 rings (SSSR count). The lowest BCUT2D eigenvalue weighted by molar-refractivity contribution is 0.0746. The van der Waals surface area contributed by atoms with Gasteiger partial charge in [0.1, 0.15) is 11.3 Å². The number of anilines is 1. The molecule has 0 bridgehead atoms. The number of nitrogens with zero attached hydrogens (tertiary/aromatic N) is 3. The lowest BCUT2D eigenvalue weighted by Crippen LogP contribution is -2.49. The molecule has 0 atom stereocenters. The van der Waals surface area contributed by atoms with E-state index in [0.29, 0.717) is 41.9 Å². The van der Waals surface area contributed by atoms with Crippen LogP contribution in [-0.4, -0.2) is 41.6 Å². The first-order chi connectivity index (χ1) is 13.1. The molecule has 0 unspecified atom stereocenters. The third-order valence-corrected chi connectivity index (χ3v) is 5.23. The van der Waals surface area contributed by atoms with Gasteiger partial charge in [0.05, 0.1) is 10.9 Å². The summed E-state index contributed by atoms with van der Waals surface area (Å²) in [5.41, 5.74) is 1.89. The first kappa shape index (κ1) is 17.4. The van der Waals surface area contributed by atoms with Crippen LogP contribution in [-0.2, 0) is 6.54 Å². The second-order valence-electron chi connectivity index (χ2n) is 6.79. The number of aryl methyl sites for hydroxylation is 2. The lowest BCUT2D eigenvalue weighted by atomic mass is 10.1. The molecule has 0 aliphatic carbocycles. The minimum atomic E-state index is -0.168.